The van der Waals surface area contributed by atoms with Crippen LogP contribution < -0.4 is 11.1 Å². The van der Waals surface area contributed by atoms with Gasteiger partial charge in [0.05, 0.1) is 17.5 Å². The molecule has 4 N–H and O–H groups in total. The fraction of sp³-hybridized carbons (Fsp3) is 0.250. The van der Waals surface area contributed by atoms with Crippen molar-refractivity contribution in [2.24, 2.45) is 0 Å². The van der Waals surface area contributed by atoms with Gasteiger partial charge < -0.3 is 11.1 Å². The van der Waals surface area contributed by atoms with Crippen LogP contribution in [0.15, 0.2) is 36.8 Å². The molecule has 3 aromatic rings. The third kappa shape index (κ3) is 3.45. The number of aromatic amines is 1. The second kappa shape index (κ2) is 6.43. The van der Waals surface area contributed by atoms with Crippen LogP contribution in [-0.4, -0.2) is 31.2 Å². The number of aromatic nitrogens is 5. The molecule has 23 heavy (non-hydrogen) atoms. The Morgan fingerprint density at radius 3 is 2.87 bits per heavy atom. The van der Waals surface area contributed by atoms with Gasteiger partial charge in [0.2, 0.25) is 5.95 Å². The summed E-state index contributed by atoms with van der Waals surface area (Å²) in [6.45, 7) is 4.14. The Kier molecular flexibility index (Phi) is 4.18. The van der Waals surface area contributed by atoms with Crippen LogP contribution >= 0.6 is 0 Å². The number of nitrogens with zero attached hydrogens (tertiary/aromatic N) is 4. The zero-order chi connectivity index (χ0) is 16.2. The number of nitrogens with two attached hydrogens (primary N) is 1. The topological polar surface area (TPSA) is 105 Å². The lowest BCUT2D eigenvalue weighted by atomic mass is 10.1. The molecule has 0 fully saturated rings. The van der Waals surface area contributed by atoms with Crippen molar-refractivity contribution in [1.29, 1.82) is 0 Å². The first-order valence-corrected chi connectivity index (χ1v) is 7.43. The highest BCUT2D eigenvalue weighted by molar-refractivity contribution is 5.70. The van der Waals surface area contributed by atoms with E-state index in [0.29, 0.717) is 11.8 Å². The van der Waals surface area contributed by atoms with Crippen molar-refractivity contribution in [2.75, 3.05) is 11.1 Å². The Morgan fingerprint density at radius 1 is 1.26 bits per heavy atom. The maximum absolute atomic E-state index is 5.84. The average Bonchev–Trinajstić information content (AvgIpc) is 2.96. The van der Waals surface area contributed by atoms with Crippen molar-refractivity contribution in [2.45, 2.75) is 26.3 Å². The van der Waals surface area contributed by atoms with E-state index in [1.54, 1.807) is 18.5 Å². The van der Waals surface area contributed by atoms with E-state index < -0.39 is 0 Å². The molecule has 118 valence electrons. The summed E-state index contributed by atoms with van der Waals surface area (Å²) >= 11 is 0. The molecule has 0 bridgehead atoms. The summed E-state index contributed by atoms with van der Waals surface area (Å²) in [4.78, 5) is 13.2. The summed E-state index contributed by atoms with van der Waals surface area (Å²) in [5, 5.41) is 9.93. The molecule has 3 aromatic heterocycles. The third-order valence-electron chi connectivity index (χ3n) is 3.59. The van der Waals surface area contributed by atoms with E-state index in [9.17, 15) is 0 Å². The molecule has 3 heterocycles. The molecule has 0 saturated carbocycles. The number of hydrogen-bond acceptors (Lipinski definition) is 6. The lowest BCUT2D eigenvalue weighted by Gasteiger charge is -2.14. The van der Waals surface area contributed by atoms with Crippen molar-refractivity contribution in [1.82, 2.24) is 25.1 Å². The lowest BCUT2D eigenvalue weighted by molar-refractivity contribution is 0.754. The summed E-state index contributed by atoms with van der Waals surface area (Å²) in [5.74, 6) is 1.05. The summed E-state index contributed by atoms with van der Waals surface area (Å²) < 4.78 is 0. The van der Waals surface area contributed by atoms with E-state index in [0.717, 1.165) is 23.4 Å². The molecule has 0 aliphatic heterocycles. The highest BCUT2D eigenvalue weighted by atomic mass is 15.2. The summed E-state index contributed by atoms with van der Waals surface area (Å²) in [6.07, 6.45) is 5.97. The van der Waals surface area contributed by atoms with Gasteiger partial charge in [-0.05, 0) is 31.5 Å². The quantitative estimate of drug-likeness (QED) is 0.667. The van der Waals surface area contributed by atoms with E-state index >= 15 is 0 Å². The van der Waals surface area contributed by atoms with Gasteiger partial charge in [0.25, 0.3) is 0 Å². The summed E-state index contributed by atoms with van der Waals surface area (Å²) in [5.41, 5.74) is 9.59. The zero-order valence-corrected chi connectivity index (χ0v) is 13.1. The van der Waals surface area contributed by atoms with Gasteiger partial charge in [0.1, 0.15) is 5.82 Å². The second-order valence-corrected chi connectivity index (χ2v) is 5.48. The minimum Gasteiger partial charge on any atom is -0.384 e. The fourth-order valence-corrected chi connectivity index (χ4v) is 2.37. The molecule has 0 aliphatic rings. The predicted molar refractivity (Wildman–Crippen MR) is 89.8 cm³/mol. The number of nitrogen functional groups attached to an aromatic ring is 1. The zero-order valence-electron chi connectivity index (χ0n) is 13.1. The maximum atomic E-state index is 5.84. The van der Waals surface area contributed by atoms with Gasteiger partial charge in [-0.15, -0.1) is 0 Å². The van der Waals surface area contributed by atoms with Crippen LogP contribution in [0.4, 0.5) is 11.8 Å². The van der Waals surface area contributed by atoms with Crippen LogP contribution in [0.1, 0.15) is 18.2 Å². The molecule has 1 atom stereocenters. The highest BCUT2D eigenvalue weighted by Gasteiger charge is 2.11. The van der Waals surface area contributed by atoms with Crippen LogP contribution in [0.2, 0.25) is 0 Å². The Morgan fingerprint density at radius 2 is 2.13 bits per heavy atom. The van der Waals surface area contributed by atoms with E-state index in [2.05, 4.69) is 50.4 Å². The van der Waals surface area contributed by atoms with Gasteiger partial charge in [0.15, 0.2) is 0 Å². The minimum atomic E-state index is 0.153. The Balaban J connectivity index is 1.73. The normalized spacial score (nSPS) is 12.1. The molecular weight excluding hydrogens is 290 g/mol. The van der Waals surface area contributed by atoms with Crippen molar-refractivity contribution in [3.63, 3.8) is 0 Å². The molecule has 0 radical (unpaired) electrons. The molecule has 3 rings (SSSR count). The Bertz CT molecular complexity index is 796. The van der Waals surface area contributed by atoms with E-state index in [4.69, 9.17) is 5.73 Å². The Hall–Kier alpha value is -2.96. The van der Waals surface area contributed by atoms with Crippen LogP contribution in [0.25, 0.3) is 11.3 Å². The van der Waals surface area contributed by atoms with Crippen LogP contribution in [0.3, 0.4) is 0 Å². The van der Waals surface area contributed by atoms with Gasteiger partial charge in [-0.3, -0.25) is 10.1 Å². The summed E-state index contributed by atoms with van der Waals surface area (Å²) in [6, 6.07) is 5.97. The van der Waals surface area contributed by atoms with Crippen LogP contribution in [-0.2, 0) is 6.42 Å². The standard InChI is InChI=1S/C16H19N7/c1-10-4-3-6-18-14(10)8-11(2)21-16-19-7-5-13(22-16)12-9-20-23-15(12)17/h3-7,9,11H,8H2,1-2H3,(H3,17,20,23)(H,19,21,22). The van der Waals surface area contributed by atoms with Gasteiger partial charge in [-0.2, -0.15) is 5.10 Å². The molecule has 0 aliphatic carbocycles. The molecule has 0 spiro atoms. The lowest BCUT2D eigenvalue weighted by Crippen LogP contribution is -2.20. The number of H-pyrrole nitrogens is 1. The smallest absolute Gasteiger partial charge is 0.223 e. The number of aryl methyl sites for hydroxylation is 1. The molecule has 0 saturated heterocycles. The largest absolute Gasteiger partial charge is 0.384 e. The van der Waals surface area contributed by atoms with E-state index in [1.807, 2.05) is 12.3 Å². The van der Waals surface area contributed by atoms with Crippen molar-refractivity contribution in [3.8, 4) is 11.3 Å². The SMILES string of the molecule is Cc1cccnc1CC(C)Nc1nccc(-c2cn[nH]c2N)n1. The number of hydrogen-bond donors (Lipinski definition) is 3. The molecule has 1 unspecified atom stereocenters. The van der Waals surface area contributed by atoms with Gasteiger partial charge in [-0.25, -0.2) is 9.97 Å². The van der Waals surface area contributed by atoms with Crippen molar-refractivity contribution >= 4 is 11.8 Å². The molecule has 0 aromatic carbocycles. The third-order valence-corrected chi connectivity index (χ3v) is 3.59. The fourth-order valence-electron chi connectivity index (χ4n) is 2.37. The molecule has 7 heteroatoms. The molecule has 7 nitrogen and oxygen atoms in total. The minimum absolute atomic E-state index is 0.153. The molecule has 0 amide bonds. The number of rotatable bonds is 5. The van der Waals surface area contributed by atoms with Crippen LogP contribution in [0.5, 0.6) is 0 Å². The predicted octanol–water partition coefficient (Wildman–Crippen LogP) is 2.20. The van der Waals surface area contributed by atoms with Gasteiger partial charge in [-0.1, -0.05) is 6.07 Å². The summed E-state index contributed by atoms with van der Waals surface area (Å²) in [7, 11) is 0. The van der Waals surface area contributed by atoms with Crippen LogP contribution in [0, 0.1) is 6.92 Å². The number of nitrogens with one attached hydrogen (secondary N) is 2. The Labute approximate surface area is 134 Å². The van der Waals surface area contributed by atoms with E-state index in [1.165, 1.54) is 5.56 Å². The monoisotopic (exact) mass is 309 g/mol. The second-order valence-electron chi connectivity index (χ2n) is 5.48. The highest BCUT2D eigenvalue weighted by Crippen LogP contribution is 2.22. The number of pyridine rings is 1. The van der Waals surface area contributed by atoms with Crippen molar-refractivity contribution in [3.05, 3.63) is 48.0 Å². The first-order chi connectivity index (χ1) is 11.1. The first kappa shape index (κ1) is 15.0. The first-order valence-electron chi connectivity index (χ1n) is 7.43. The maximum Gasteiger partial charge on any atom is 0.223 e. The van der Waals surface area contributed by atoms with Gasteiger partial charge in [0, 0.05) is 30.6 Å². The van der Waals surface area contributed by atoms with E-state index in [-0.39, 0.29) is 6.04 Å². The number of anilines is 2. The molecular formula is C16H19N7. The average molecular weight is 309 g/mol. The van der Waals surface area contributed by atoms with Crippen molar-refractivity contribution < 1.29 is 0 Å². The van der Waals surface area contributed by atoms with Gasteiger partial charge >= 0.3 is 0 Å².